The Morgan fingerprint density at radius 3 is 2.44 bits per heavy atom. The minimum Gasteiger partial charge on any atom is -0.396 e. The Bertz CT molecular complexity index is 774. The highest BCUT2D eigenvalue weighted by Gasteiger charge is 2.65. The van der Waals surface area contributed by atoms with E-state index in [0.29, 0.717) is 41.1 Å². The second-order valence-electron chi connectivity index (χ2n) is 13.6. The predicted octanol–water partition coefficient (Wildman–Crippen LogP) is 7.31. The third-order valence-corrected chi connectivity index (χ3v) is 11.8. The van der Waals surface area contributed by atoms with Crippen LogP contribution in [0.25, 0.3) is 0 Å². The van der Waals surface area contributed by atoms with E-state index in [1.165, 1.54) is 37.7 Å². The first-order chi connectivity index (χ1) is 14.9. The number of aliphatic hydroxyl groups is 2. The van der Waals surface area contributed by atoms with Crippen LogP contribution in [0.4, 0.5) is 0 Å². The molecule has 0 aromatic rings. The smallest absolute Gasteiger partial charge is 0.0594 e. The first-order valence-corrected chi connectivity index (χ1v) is 13.5. The van der Waals surface area contributed by atoms with E-state index in [1.807, 2.05) is 0 Å². The summed E-state index contributed by atoms with van der Waals surface area (Å²) in [5.74, 6) is 2.29. The Labute approximate surface area is 198 Å². The maximum Gasteiger partial charge on any atom is 0.0594 e. The van der Waals surface area contributed by atoms with Gasteiger partial charge in [0.15, 0.2) is 0 Å². The molecule has 0 aromatic carbocycles. The molecule has 32 heavy (non-hydrogen) atoms. The quantitative estimate of drug-likeness (QED) is 0.438. The zero-order valence-corrected chi connectivity index (χ0v) is 22.0. The lowest BCUT2D eigenvalue weighted by atomic mass is 9.41. The maximum atomic E-state index is 10.8. The van der Waals surface area contributed by atoms with Crippen molar-refractivity contribution in [3.63, 3.8) is 0 Å². The first-order valence-electron chi connectivity index (χ1n) is 13.5. The summed E-state index contributed by atoms with van der Waals surface area (Å²) in [5, 5.41) is 21.2. The van der Waals surface area contributed by atoms with Gasteiger partial charge >= 0.3 is 0 Å². The topological polar surface area (TPSA) is 40.5 Å². The van der Waals surface area contributed by atoms with Crippen molar-refractivity contribution in [3.8, 4) is 0 Å². The average molecular weight is 443 g/mol. The normalized spacial score (nSPS) is 45.8. The Kier molecular flexibility index (Phi) is 6.33. The molecule has 0 aliphatic heterocycles. The summed E-state index contributed by atoms with van der Waals surface area (Å²) < 4.78 is 0. The molecule has 8 atom stereocenters. The van der Waals surface area contributed by atoms with Gasteiger partial charge in [-0.3, -0.25) is 0 Å². The zero-order chi connectivity index (χ0) is 23.5. The van der Waals surface area contributed by atoms with Crippen molar-refractivity contribution in [2.45, 2.75) is 112 Å². The molecule has 4 aliphatic carbocycles. The van der Waals surface area contributed by atoms with E-state index in [4.69, 9.17) is 0 Å². The molecule has 0 radical (unpaired) electrons. The fourth-order valence-corrected chi connectivity index (χ4v) is 9.50. The van der Waals surface area contributed by atoms with E-state index in [-0.39, 0.29) is 16.9 Å². The minimum absolute atomic E-state index is 0.00179. The summed E-state index contributed by atoms with van der Waals surface area (Å²) >= 11 is 0. The molecule has 4 rings (SSSR count). The molecule has 2 N–H and O–H groups in total. The van der Waals surface area contributed by atoms with Gasteiger partial charge < -0.3 is 10.2 Å². The van der Waals surface area contributed by atoms with Gasteiger partial charge in [0, 0.05) is 6.61 Å². The van der Waals surface area contributed by atoms with Gasteiger partial charge in [0.2, 0.25) is 0 Å². The van der Waals surface area contributed by atoms with Crippen molar-refractivity contribution in [2.24, 2.45) is 45.3 Å². The van der Waals surface area contributed by atoms with E-state index in [2.05, 4.69) is 60.6 Å². The lowest BCUT2D eigenvalue weighted by Gasteiger charge is -2.64. The number of fused-ring (bicyclic) bond motifs is 5. The SMILES string of the molecule is CC(C)=CCC[C@H](CO)[C@@H]1CC[C@]2(C)C3=CC[C@H]4C(C)(C)[C@@H](O)CC[C@]4(C)[C@@H]3CC[C@@]12C. The van der Waals surface area contributed by atoms with Gasteiger partial charge in [0.05, 0.1) is 6.10 Å². The van der Waals surface area contributed by atoms with Crippen LogP contribution in [0.1, 0.15) is 106 Å². The second kappa shape index (κ2) is 8.26. The standard InChI is InChI=1S/C30H50O2/c1-20(2)9-8-10-21(19-31)22-13-17-30(7)24-11-12-25-27(3,4)26(32)15-16-28(25,5)23(24)14-18-29(22,30)6/h9,11,21-23,25-26,31-32H,8,10,12-19H2,1-7H3/t21-,22+,23-,25+,26+,28-,29+,30-/m1/s1. The van der Waals surface area contributed by atoms with Crippen molar-refractivity contribution in [1.82, 2.24) is 0 Å². The number of allylic oxidation sites excluding steroid dienone is 4. The van der Waals surface area contributed by atoms with Crippen LogP contribution in [0.3, 0.4) is 0 Å². The number of aliphatic hydroxyl groups excluding tert-OH is 2. The molecule has 0 spiro atoms. The minimum atomic E-state index is -0.165. The van der Waals surface area contributed by atoms with Gasteiger partial charge in [-0.15, -0.1) is 0 Å². The predicted molar refractivity (Wildman–Crippen MR) is 134 cm³/mol. The van der Waals surface area contributed by atoms with Crippen molar-refractivity contribution in [2.75, 3.05) is 6.61 Å². The van der Waals surface area contributed by atoms with Gasteiger partial charge in [-0.1, -0.05) is 57.9 Å². The van der Waals surface area contributed by atoms with E-state index in [1.54, 1.807) is 5.57 Å². The van der Waals surface area contributed by atoms with Crippen LogP contribution in [0.2, 0.25) is 0 Å². The molecule has 3 fully saturated rings. The molecule has 2 heteroatoms. The summed E-state index contributed by atoms with van der Waals surface area (Å²) in [7, 11) is 0. The van der Waals surface area contributed by atoms with Crippen molar-refractivity contribution in [3.05, 3.63) is 23.3 Å². The molecule has 182 valence electrons. The Morgan fingerprint density at radius 2 is 1.78 bits per heavy atom. The summed E-state index contributed by atoms with van der Waals surface area (Å²) in [4.78, 5) is 0. The molecular formula is C30H50O2. The van der Waals surface area contributed by atoms with E-state index in [9.17, 15) is 10.2 Å². The monoisotopic (exact) mass is 442 g/mol. The Balaban J connectivity index is 1.64. The molecule has 0 heterocycles. The molecule has 0 unspecified atom stereocenters. The summed E-state index contributed by atoms with van der Waals surface area (Å²) in [6, 6.07) is 0. The fraction of sp³-hybridized carbons (Fsp3) is 0.867. The van der Waals surface area contributed by atoms with Gasteiger partial charge in [0.1, 0.15) is 0 Å². The highest BCUT2D eigenvalue weighted by Crippen LogP contribution is 2.73. The molecule has 0 amide bonds. The summed E-state index contributed by atoms with van der Waals surface area (Å²) in [6.07, 6.45) is 15.4. The third-order valence-electron chi connectivity index (χ3n) is 11.8. The maximum absolute atomic E-state index is 10.8. The molecular weight excluding hydrogens is 392 g/mol. The molecule has 4 aliphatic rings. The van der Waals surface area contributed by atoms with Crippen molar-refractivity contribution in [1.29, 1.82) is 0 Å². The number of rotatable bonds is 5. The first kappa shape index (κ1) is 24.5. The molecule has 0 bridgehead atoms. The van der Waals surface area contributed by atoms with Crippen LogP contribution in [0, 0.1) is 45.3 Å². The average Bonchev–Trinajstić information content (AvgIpc) is 3.00. The van der Waals surface area contributed by atoms with Crippen LogP contribution in [0.5, 0.6) is 0 Å². The largest absolute Gasteiger partial charge is 0.396 e. The zero-order valence-electron chi connectivity index (χ0n) is 22.0. The van der Waals surface area contributed by atoms with E-state index >= 15 is 0 Å². The van der Waals surface area contributed by atoms with Gasteiger partial charge in [-0.25, -0.2) is 0 Å². The van der Waals surface area contributed by atoms with Crippen LogP contribution in [-0.4, -0.2) is 22.9 Å². The molecule has 2 nitrogen and oxygen atoms in total. The lowest BCUT2D eigenvalue weighted by Crippen LogP contribution is -2.58. The number of hydrogen-bond acceptors (Lipinski definition) is 2. The van der Waals surface area contributed by atoms with Gasteiger partial charge in [-0.2, -0.15) is 0 Å². The number of hydrogen-bond donors (Lipinski definition) is 2. The summed E-state index contributed by atoms with van der Waals surface area (Å²) in [6.45, 7) is 17.1. The fourth-order valence-electron chi connectivity index (χ4n) is 9.50. The van der Waals surface area contributed by atoms with Crippen LogP contribution < -0.4 is 0 Å². The van der Waals surface area contributed by atoms with E-state index < -0.39 is 0 Å². The lowest BCUT2D eigenvalue weighted by molar-refractivity contribution is -0.132. The van der Waals surface area contributed by atoms with E-state index in [0.717, 1.165) is 25.7 Å². The van der Waals surface area contributed by atoms with Crippen molar-refractivity contribution >= 4 is 0 Å². The highest BCUT2D eigenvalue weighted by atomic mass is 16.3. The van der Waals surface area contributed by atoms with Gasteiger partial charge in [0.25, 0.3) is 0 Å². The highest BCUT2D eigenvalue weighted by molar-refractivity contribution is 5.33. The Hall–Kier alpha value is -0.600. The third kappa shape index (κ3) is 3.41. The second-order valence-corrected chi connectivity index (χ2v) is 13.6. The van der Waals surface area contributed by atoms with Crippen LogP contribution >= 0.6 is 0 Å². The Morgan fingerprint density at radius 1 is 1.06 bits per heavy atom. The molecule has 3 saturated carbocycles. The van der Waals surface area contributed by atoms with Gasteiger partial charge in [-0.05, 0) is 117 Å². The van der Waals surface area contributed by atoms with Crippen LogP contribution in [0.15, 0.2) is 23.3 Å². The molecule has 0 saturated heterocycles. The van der Waals surface area contributed by atoms with Crippen molar-refractivity contribution < 1.29 is 10.2 Å². The molecule has 0 aromatic heterocycles. The summed E-state index contributed by atoms with van der Waals surface area (Å²) in [5.41, 5.74) is 4.02. The van der Waals surface area contributed by atoms with Crippen LogP contribution in [-0.2, 0) is 0 Å².